The van der Waals surface area contributed by atoms with Gasteiger partial charge in [0.1, 0.15) is 5.82 Å². The van der Waals surface area contributed by atoms with Crippen LogP contribution in [0.1, 0.15) is 17.3 Å². The molecule has 156 valence electrons. The second-order valence-corrected chi connectivity index (χ2v) is 7.27. The van der Waals surface area contributed by atoms with Crippen LogP contribution in [0.5, 0.6) is 0 Å². The molecule has 0 saturated carbocycles. The molecule has 6 nitrogen and oxygen atoms in total. The number of halogens is 4. The molecule has 4 rings (SSSR count). The van der Waals surface area contributed by atoms with Crippen molar-refractivity contribution in [2.75, 3.05) is 19.0 Å². The van der Waals surface area contributed by atoms with Gasteiger partial charge in [-0.15, -0.1) is 0 Å². The van der Waals surface area contributed by atoms with Gasteiger partial charge >= 0.3 is 6.03 Å². The van der Waals surface area contributed by atoms with Gasteiger partial charge in [-0.3, -0.25) is 4.79 Å². The molecular formula is C20H15ClF3N3O3. The number of amides is 2. The summed E-state index contributed by atoms with van der Waals surface area (Å²) in [6, 6.07) is 4.24. The minimum absolute atomic E-state index is 0.0290. The number of anilines is 1. The topological polar surface area (TPSA) is 74.4 Å². The largest absolute Gasteiger partial charge is 0.373 e. The number of ether oxygens (including phenoxy) is 1. The van der Waals surface area contributed by atoms with E-state index in [0.717, 1.165) is 18.2 Å². The van der Waals surface area contributed by atoms with Gasteiger partial charge in [0.05, 0.1) is 29.7 Å². The third kappa shape index (κ3) is 3.50. The molecule has 2 N–H and O–H groups in total. The SMILES string of the molecule is CN(C(=O)Nc1ccc(F)c(Cl)c1)C1COCc2[nH]c(=O)c3cc(F)c(F)cc3c21. The van der Waals surface area contributed by atoms with Crippen LogP contribution in [0.15, 0.2) is 35.1 Å². The molecule has 0 bridgehead atoms. The number of H-pyrrole nitrogens is 1. The minimum Gasteiger partial charge on any atom is -0.373 e. The molecule has 1 aliphatic heterocycles. The maximum absolute atomic E-state index is 13.9. The zero-order chi connectivity index (χ0) is 21.6. The summed E-state index contributed by atoms with van der Waals surface area (Å²) < 4.78 is 46.5. The number of carbonyl (C=O) groups excluding carboxylic acids is 1. The molecule has 1 atom stereocenters. The van der Waals surface area contributed by atoms with E-state index in [0.29, 0.717) is 11.3 Å². The first-order valence-electron chi connectivity index (χ1n) is 8.86. The van der Waals surface area contributed by atoms with Gasteiger partial charge in [-0.1, -0.05) is 11.6 Å². The molecular weight excluding hydrogens is 423 g/mol. The number of aromatic amines is 1. The molecule has 2 amide bonds. The number of pyridine rings is 1. The molecule has 0 spiro atoms. The number of nitrogens with one attached hydrogen (secondary N) is 2. The van der Waals surface area contributed by atoms with Crippen LogP contribution in [-0.2, 0) is 11.3 Å². The molecule has 10 heteroatoms. The number of rotatable bonds is 2. The molecule has 2 aromatic carbocycles. The molecule has 0 fully saturated rings. The first kappa shape index (κ1) is 20.2. The fourth-order valence-electron chi connectivity index (χ4n) is 3.47. The van der Waals surface area contributed by atoms with Crippen molar-refractivity contribution in [2.24, 2.45) is 0 Å². The lowest BCUT2D eigenvalue weighted by atomic mass is 9.95. The molecule has 0 radical (unpaired) electrons. The van der Waals surface area contributed by atoms with E-state index in [1.165, 1.54) is 24.1 Å². The van der Waals surface area contributed by atoms with Crippen LogP contribution in [0.4, 0.5) is 23.7 Å². The van der Waals surface area contributed by atoms with Crippen molar-refractivity contribution in [3.05, 3.63) is 74.4 Å². The number of nitrogens with zero attached hydrogens (tertiary/aromatic N) is 1. The van der Waals surface area contributed by atoms with Gasteiger partial charge in [-0.25, -0.2) is 18.0 Å². The fourth-order valence-corrected chi connectivity index (χ4v) is 3.66. The van der Waals surface area contributed by atoms with Crippen molar-refractivity contribution >= 4 is 34.1 Å². The van der Waals surface area contributed by atoms with E-state index in [2.05, 4.69) is 10.3 Å². The Morgan fingerprint density at radius 2 is 1.87 bits per heavy atom. The Balaban J connectivity index is 1.73. The highest BCUT2D eigenvalue weighted by atomic mass is 35.5. The van der Waals surface area contributed by atoms with Crippen LogP contribution >= 0.6 is 11.6 Å². The summed E-state index contributed by atoms with van der Waals surface area (Å²) in [6.07, 6.45) is 0. The van der Waals surface area contributed by atoms with E-state index in [-0.39, 0.29) is 34.7 Å². The van der Waals surface area contributed by atoms with Crippen molar-refractivity contribution in [2.45, 2.75) is 12.6 Å². The lowest BCUT2D eigenvalue weighted by Gasteiger charge is -2.33. The number of benzene rings is 2. The first-order chi connectivity index (χ1) is 14.3. The van der Waals surface area contributed by atoms with Crippen molar-refractivity contribution < 1.29 is 22.7 Å². The van der Waals surface area contributed by atoms with Crippen molar-refractivity contribution in [3.8, 4) is 0 Å². The van der Waals surface area contributed by atoms with E-state index in [1.807, 2.05) is 0 Å². The van der Waals surface area contributed by atoms with Crippen LogP contribution in [0, 0.1) is 17.5 Å². The number of urea groups is 1. The number of hydrogen-bond acceptors (Lipinski definition) is 3. The fraction of sp³-hybridized carbons (Fsp3) is 0.200. The number of fused-ring (bicyclic) bond motifs is 3. The van der Waals surface area contributed by atoms with Crippen LogP contribution in [0.25, 0.3) is 10.8 Å². The minimum atomic E-state index is -1.14. The Kier molecular flexibility index (Phi) is 5.17. The lowest BCUT2D eigenvalue weighted by Crippen LogP contribution is -2.39. The average Bonchev–Trinajstić information content (AvgIpc) is 2.71. The predicted molar refractivity (Wildman–Crippen MR) is 105 cm³/mol. The predicted octanol–water partition coefficient (Wildman–Crippen LogP) is 4.33. The summed E-state index contributed by atoms with van der Waals surface area (Å²) in [5.74, 6) is -2.87. The van der Waals surface area contributed by atoms with Crippen molar-refractivity contribution in [1.29, 1.82) is 0 Å². The molecule has 1 aromatic heterocycles. The monoisotopic (exact) mass is 437 g/mol. The Morgan fingerprint density at radius 1 is 1.17 bits per heavy atom. The summed E-state index contributed by atoms with van der Waals surface area (Å²) >= 11 is 5.74. The van der Waals surface area contributed by atoms with Crippen molar-refractivity contribution in [1.82, 2.24) is 9.88 Å². The molecule has 3 aromatic rings. The highest BCUT2D eigenvalue weighted by Crippen LogP contribution is 2.34. The molecule has 30 heavy (non-hydrogen) atoms. The summed E-state index contributed by atoms with van der Waals surface area (Å²) in [6.45, 7) is 0.125. The summed E-state index contributed by atoms with van der Waals surface area (Å²) in [4.78, 5) is 29.0. The molecule has 1 unspecified atom stereocenters. The van der Waals surface area contributed by atoms with Crippen molar-refractivity contribution in [3.63, 3.8) is 0 Å². The maximum atomic E-state index is 13.9. The standard InChI is InChI=1S/C20H15ClF3N3O3/c1-27(20(29)25-9-2-3-13(22)12(21)4-9)17-8-30-7-16-18(17)10-5-14(23)15(24)6-11(10)19(28)26-16/h2-6,17H,7-8H2,1H3,(H,25,29)(H,26,28). The molecule has 0 saturated heterocycles. The van der Waals surface area contributed by atoms with E-state index < -0.39 is 35.1 Å². The number of carbonyl (C=O) groups is 1. The van der Waals surface area contributed by atoms with Crippen LogP contribution in [-0.4, -0.2) is 29.6 Å². The number of hydrogen-bond donors (Lipinski definition) is 2. The highest BCUT2D eigenvalue weighted by molar-refractivity contribution is 6.31. The molecule has 0 aliphatic carbocycles. The number of likely N-dealkylation sites (N-methyl/N-ethyl adjacent to an activating group) is 1. The quantitative estimate of drug-likeness (QED) is 0.626. The summed E-state index contributed by atoms with van der Waals surface area (Å²) in [5.41, 5.74) is 0.526. The molecule has 2 heterocycles. The molecule has 1 aliphatic rings. The van der Waals surface area contributed by atoms with E-state index in [1.54, 1.807) is 0 Å². The first-order valence-corrected chi connectivity index (χ1v) is 9.24. The lowest BCUT2D eigenvalue weighted by molar-refractivity contribution is 0.0527. The smallest absolute Gasteiger partial charge is 0.322 e. The Bertz CT molecular complexity index is 1230. The van der Waals surface area contributed by atoms with Gasteiger partial charge in [-0.05, 0) is 35.7 Å². The second kappa shape index (κ2) is 7.66. The van der Waals surface area contributed by atoms with Gasteiger partial charge in [0.2, 0.25) is 0 Å². The van der Waals surface area contributed by atoms with Crippen LogP contribution in [0.2, 0.25) is 5.02 Å². The van der Waals surface area contributed by atoms with Gasteiger partial charge in [0, 0.05) is 24.0 Å². The number of aromatic nitrogens is 1. The van der Waals surface area contributed by atoms with E-state index in [9.17, 15) is 22.8 Å². The van der Waals surface area contributed by atoms with Gasteiger partial charge in [0.25, 0.3) is 5.56 Å². The zero-order valence-electron chi connectivity index (χ0n) is 15.6. The zero-order valence-corrected chi connectivity index (χ0v) is 16.3. The van der Waals surface area contributed by atoms with Gasteiger partial charge in [0.15, 0.2) is 11.6 Å². The van der Waals surface area contributed by atoms with Gasteiger partial charge in [-0.2, -0.15) is 0 Å². The Morgan fingerprint density at radius 3 is 2.57 bits per heavy atom. The Labute approximate surface area is 173 Å². The van der Waals surface area contributed by atoms with Gasteiger partial charge < -0.3 is 19.9 Å². The summed E-state index contributed by atoms with van der Waals surface area (Å²) in [7, 11) is 1.49. The maximum Gasteiger partial charge on any atom is 0.322 e. The van der Waals surface area contributed by atoms with Crippen LogP contribution < -0.4 is 10.9 Å². The summed E-state index contributed by atoms with van der Waals surface area (Å²) in [5, 5.41) is 2.61. The third-order valence-electron chi connectivity index (χ3n) is 5.00. The Hall–Kier alpha value is -3.04. The van der Waals surface area contributed by atoms with E-state index >= 15 is 0 Å². The highest BCUT2D eigenvalue weighted by Gasteiger charge is 2.31. The van der Waals surface area contributed by atoms with Crippen LogP contribution in [0.3, 0.4) is 0 Å². The normalized spacial score (nSPS) is 15.7. The second-order valence-electron chi connectivity index (χ2n) is 6.86. The van der Waals surface area contributed by atoms with E-state index in [4.69, 9.17) is 16.3 Å². The third-order valence-corrected chi connectivity index (χ3v) is 5.29. The average molecular weight is 438 g/mol.